The van der Waals surface area contributed by atoms with Crippen molar-refractivity contribution in [1.82, 2.24) is 10.6 Å². The Hall–Kier alpha value is -0.730. The number of carbonyl (C=O) groups is 1. The van der Waals surface area contributed by atoms with Gasteiger partial charge in [-0.2, -0.15) is 0 Å². The van der Waals surface area contributed by atoms with Gasteiger partial charge in [-0.05, 0) is 43.9 Å². The molecule has 0 saturated heterocycles. The zero-order valence-electron chi connectivity index (χ0n) is 12.4. The van der Waals surface area contributed by atoms with E-state index in [1.54, 1.807) is 0 Å². The molecule has 2 aliphatic carbocycles. The molecule has 0 atom stereocenters. The molecule has 110 valence electrons. The molecule has 3 nitrogen and oxygen atoms in total. The van der Waals surface area contributed by atoms with Crippen LogP contribution in [-0.4, -0.2) is 18.6 Å². The lowest BCUT2D eigenvalue weighted by Crippen LogP contribution is -2.44. The van der Waals surface area contributed by atoms with Crippen molar-refractivity contribution in [2.24, 2.45) is 11.8 Å². The van der Waals surface area contributed by atoms with E-state index in [2.05, 4.69) is 17.6 Å². The van der Waals surface area contributed by atoms with Crippen molar-refractivity contribution in [3.8, 4) is 0 Å². The summed E-state index contributed by atoms with van der Waals surface area (Å²) < 4.78 is 0. The summed E-state index contributed by atoms with van der Waals surface area (Å²) in [7, 11) is 0. The Labute approximate surface area is 117 Å². The van der Waals surface area contributed by atoms with Crippen LogP contribution < -0.4 is 10.6 Å². The Bertz CT molecular complexity index is 266. The zero-order valence-corrected chi connectivity index (χ0v) is 12.4. The van der Waals surface area contributed by atoms with E-state index in [0.717, 1.165) is 37.6 Å². The minimum absolute atomic E-state index is 0.0537. The van der Waals surface area contributed by atoms with Crippen molar-refractivity contribution in [1.29, 1.82) is 0 Å². The summed E-state index contributed by atoms with van der Waals surface area (Å²) >= 11 is 0. The number of amides is 2. The molecular weight excluding hydrogens is 236 g/mol. The molecule has 0 aromatic carbocycles. The maximum absolute atomic E-state index is 11.8. The van der Waals surface area contributed by atoms with E-state index in [1.165, 1.54) is 44.9 Å². The largest absolute Gasteiger partial charge is 0.338 e. The van der Waals surface area contributed by atoms with Crippen LogP contribution in [-0.2, 0) is 0 Å². The summed E-state index contributed by atoms with van der Waals surface area (Å²) in [4.78, 5) is 11.8. The second kappa shape index (κ2) is 7.76. The molecule has 2 fully saturated rings. The average Bonchev–Trinajstić information content (AvgIpc) is 2.93. The fourth-order valence-electron chi connectivity index (χ4n) is 3.64. The number of carbonyl (C=O) groups excluding carboxylic acids is 1. The van der Waals surface area contributed by atoms with E-state index in [-0.39, 0.29) is 6.03 Å². The Kier molecular flexibility index (Phi) is 5.99. The first-order valence-corrected chi connectivity index (χ1v) is 8.32. The van der Waals surface area contributed by atoms with Gasteiger partial charge in [0, 0.05) is 12.6 Å². The summed E-state index contributed by atoms with van der Waals surface area (Å²) in [6.45, 7) is 3.12. The van der Waals surface area contributed by atoms with Gasteiger partial charge in [-0.15, -0.1) is 0 Å². The van der Waals surface area contributed by atoms with Crippen LogP contribution in [0.1, 0.15) is 71.1 Å². The molecule has 2 amide bonds. The fraction of sp³-hybridized carbons (Fsp3) is 0.938. The zero-order chi connectivity index (χ0) is 13.5. The third kappa shape index (κ3) is 5.04. The number of nitrogens with one attached hydrogen (secondary N) is 2. The van der Waals surface area contributed by atoms with Crippen molar-refractivity contribution < 1.29 is 4.79 Å². The van der Waals surface area contributed by atoms with Crippen LogP contribution in [0.5, 0.6) is 0 Å². The highest BCUT2D eigenvalue weighted by molar-refractivity contribution is 5.74. The van der Waals surface area contributed by atoms with Crippen molar-refractivity contribution >= 4 is 6.03 Å². The van der Waals surface area contributed by atoms with E-state index < -0.39 is 0 Å². The van der Waals surface area contributed by atoms with E-state index in [9.17, 15) is 4.79 Å². The molecular formula is C16H30N2O. The van der Waals surface area contributed by atoms with Gasteiger partial charge in [-0.3, -0.25) is 0 Å². The molecule has 0 radical (unpaired) electrons. The van der Waals surface area contributed by atoms with E-state index in [0.29, 0.717) is 6.04 Å². The van der Waals surface area contributed by atoms with Crippen LogP contribution in [0.4, 0.5) is 4.79 Å². The molecule has 0 unspecified atom stereocenters. The molecule has 0 aliphatic heterocycles. The predicted octanol–water partition coefficient (Wildman–Crippen LogP) is 3.83. The van der Waals surface area contributed by atoms with Gasteiger partial charge in [-0.1, -0.05) is 39.0 Å². The number of rotatable bonds is 5. The number of hydrogen-bond donors (Lipinski definition) is 2. The summed E-state index contributed by atoms with van der Waals surface area (Å²) in [5.41, 5.74) is 0. The highest BCUT2D eigenvalue weighted by Crippen LogP contribution is 2.27. The standard InChI is InChI=1S/C16H30N2O/c1-2-13-7-9-15(10-8-13)18-16(19)17-12-11-14-5-3-4-6-14/h13-15H,2-12H2,1H3,(H2,17,18,19). The lowest BCUT2D eigenvalue weighted by atomic mass is 9.85. The topological polar surface area (TPSA) is 41.1 Å². The van der Waals surface area contributed by atoms with Gasteiger partial charge in [-0.25, -0.2) is 4.79 Å². The maximum atomic E-state index is 11.8. The summed E-state index contributed by atoms with van der Waals surface area (Å²) in [5.74, 6) is 1.75. The number of urea groups is 1. The van der Waals surface area contributed by atoms with Crippen LogP contribution in [0.2, 0.25) is 0 Å². The highest BCUT2D eigenvalue weighted by Gasteiger charge is 2.21. The molecule has 2 rings (SSSR count). The van der Waals surface area contributed by atoms with Crippen LogP contribution >= 0.6 is 0 Å². The Morgan fingerprint density at radius 2 is 1.68 bits per heavy atom. The summed E-state index contributed by atoms with van der Waals surface area (Å²) in [6.07, 6.45) is 12.8. The first-order valence-electron chi connectivity index (χ1n) is 8.32. The molecule has 0 aromatic heterocycles. The van der Waals surface area contributed by atoms with Gasteiger partial charge >= 0.3 is 6.03 Å². The normalized spacial score (nSPS) is 28.3. The van der Waals surface area contributed by atoms with Crippen molar-refractivity contribution in [2.75, 3.05) is 6.54 Å². The molecule has 3 heteroatoms. The van der Waals surface area contributed by atoms with Gasteiger partial charge in [0.2, 0.25) is 0 Å². The van der Waals surface area contributed by atoms with Gasteiger partial charge in [0.15, 0.2) is 0 Å². The lowest BCUT2D eigenvalue weighted by Gasteiger charge is -2.28. The maximum Gasteiger partial charge on any atom is 0.315 e. The second-order valence-corrected chi connectivity index (χ2v) is 6.47. The van der Waals surface area contributed by atoms with Crippen LogP contribution in [0.3, 0.4) is 0 Å². The molecule has 2 saturated carbocycles. The third-order valence-electron chi connectivity index (χ3n) is 5.07. The second-order valence-electron chi connectivity index (χ2n) is 6.47. The van der Waals surface area contributed by atoms with Crippen molar-refractivity contribution in [3.63, 3.8) is 0 Å². The van der Waals surface area contributed by atoms with Crippen LogP contribution in [0, 0.1) is 11.8 Å². The van der Waals surface area contributed by atoms with Crippen LogP contribution in [0.15, 0.2) is 0 Å². The average molecular weight is 266 g/mol. The molecule has 2 aliphatic rings. The summed E-state index contributed by atoms with van der Waals surface area (Å²) in [6, 6.07) is 0.465. The predicted molar refractivity (Wildman–Crippen MR) is 79.1 cm³/mol. The number of hydrogen-bond acceptors (Lipinski definition) is 1. The summed E-state index contributed by atoms with van der Waals surface area (Å²) in [5, 5.41) is 6.17. The lowest BCUT2D eigenvalue weighted by molar-refractivity contribution is 0.225. The Morgan fingerprint density at radius 1 is 1.00 bits per heavy atom. The molecule has 0 aromatic rings. The molecule has 0 heterocycles. The van der Waals surface area contributed by atoms with Crippen molar-refractivity contribution in [2.45, 2.75) is 77.2 Å². The van der Waals surface area contributed by atoms with E-state index in [4.69, 9.17) is 0 Å². The Balaban J connectivity index is 1.54. The minimum atomic E-state index is 0.0537. The monoisotopic (exact) mass is 266 g/mol. The highest BCUT2D eigenvalue weighted by atomic mass is 16.2. The van der Waals surface area contributed by atoms with Gasteiger partial charge < -0.3 is 10.6 Å². The molecule has 0 spiro atoms. The third-order valence-corrected chi connectivity index (χ3v) is 5.07. The first-order chi connectivity index (χ1) is 9.28. The quantitative estimate of drug-likeness (QED) is 0.780. The Morgan fingerprint density at radius 3 is 2.32 bits per heavy atom. The molecule has 2 N–H and O–H groups in total. The van der Waals surface area contributed by atoms with Gasteiger partial charge in [0.05, 0.1) is 0 Å². The van der Waals surface area contributed by atoms with Crippen molar-refractivity contribution in [3.05, 3.63) is 0 Å². The molecule has 0 bridgehead atoms. The first kappa shape index (κ1) is 14.7. The van der Waals surface area contributed by atoms with E-state index in [1.807, 2.05) is 0 Å². The SMILES string of the molecule is CCC1CCC(NC(=O)NCCC2CCCC2)CC1. The fourth-order valence-corrected chi connectivity index (χ4v) is 3.64. The van der Waals surface area contributed by atoms with Crippen LogP contribution in [0.25, 0.3) is 0 Å². The van der Waals surface area contributed by atoms with Gasteiger partial charge in [0.1, 0.15) is 0 Å². The van der Waals surface area contributed by atoms with Gasteiger partial charge in [0.25, 0.3) is 0 Å². The molecule has 19 heavy (non-hydrogen) atoms. The minimum Gasteiger partial charge on any atom is -0.338 e. The smallest absolute Gasteiger partial charge is 0.315 e. The van der Waals surface area contributed by atoms with E-state index >= 15 is 0 Å².